The number of nitrogen functional groups attached to an aromatic ring is 1. The van der Waals surface area contributed by atoms with Gasteiger partial charge in [0.25, 0.3) is 5.69 Å². The van der Waals surface area contributed by atoms with Gasteiger partial charge in [0.1, 0.15) is 11.6 Å². The number of nitrogens with zero attached hydrogens (tertiary/aromatic N) is 1. The molecule has 0 heterocycles. The first-order valence-corrected chi connectivity index (χ1v) is 9.51. The summed E-state index contributed by atoms with van der Waals surface area (Å²) in [6.45, 7) is 5.14. The topological polar surface area (TPSA) is 146 Å². The van der Waals surface area contributed by atoms with Crippen LogP contribution in [0.3, 0.4) is 0 Å². The number of carbonyl (C=O) groups excluding carboxylic acids is 2. The van der Waals surface area contributed by atoms with E-state index in [1.807, 2.05) is 30.3 Å². The highest BCUT2D eigenvalue weighted by atomic mass is 16.6. The van der Waals surface area contributed by atoms with E-state index in [1.54, 1.807) is 20.8 Å². The summed E-state index contributed by atoms with van der Waals surface area (Å²) >= 11 is 0. The predicted molar refractivity (Wildman–Crippen MR) is 115 cm³/mol. The molecular weight excluding hydrogens is 404 g/mol. The zero-order valence-corrected chi connectivity index (χ0v) is 17.6. The molecule has 2 aromatic rings. The van der Waals surface area contributed by atoms with Crippen LogP contribution in [0.25, 0.3) is 0 Å². The molecule has 0 aliphatic heterocycles. The SMILES string of the molecule is CC(C)(C)OC(=O)N[C@@H](COCc1ccccc1)C(=O)Nc1cc([N+](=O)[O-])ccc1N. The highest BCUT2D eigenvalue weighted by Gasteiger charge is 2.25. The Morgan fingerprint density at radius 3 is 2.45 bits per heavy atom. The number of nitrogens with two attached hydrogens (primary N) is 1. The van der Waals surface area contributed by atoms with Crippen LogP contribution in [0.2, 0.25) is 0 Å². The van der Waals surface area contributed by atoms with E-state index in [4.69, 9.17) is 15.2 Å². The largest absolute Gasteiger partial charge is 0.444 e. The molecule has 0 fully saturated rings. The highest BCUT2D eigenvalue weighted by molar-refractivity contribution is 5.99. The number of benzene rings is 2. The van der Waals surface area contributed by atoms with Crippen molar-refractivity contribution in [3.63, 3.8) is 0 Å². The molecule has 0 unspecified atom stereocenters. The van der Waals surface area contributed by atoms with E-state index in [0.29, 0.717) is 0 Å². The van der Waals surface area contributed by atoms with Crippen LogP contribution in [0.4, 0.5) is 21.9 Å². The van der Waals surface area contributed by atoms with Crippen molar-refractivity contribution in [2.45, 2.75) is 39.0 Å². The molecule has 4 N–H and O–H groups in total. The fourth-order valence-corrected chi connectivity index (χ4v) is 2.49. The molecule has 10 heteroatoms. The first-order valence-electron chi connectivity index (χ1n) is 9.51. The first-order chi connectivity index (χ1) is 14.5. The molecule has 1 atom stereocenters. The Morgan fingerprint density at radius 1 is 1.16 bits per heavy atom. The second-order valence-electron chi connectivity index (χ2n) is 7.72. The van der Waals surface area contributed by atoms with E-state index < -0.39 is 28.6 Å². The Labute approximate surface area is 179 Å². The van der Waals surface area contributed by atoms with Crippen molar-refractivity contribution < 1.29 is 24.0 Å². The Hall–Kier alpha value is -3.66. The van der Waals surface area contributed by atoms with E-state index in [2.05, 4.69) is 10.6 Å². The Bertz CT molecular complexity index is 927. The second kappa shape index (κ2) is 10.4. The van der Waals surface area contributed by atoms with Gasteiger partial charge in [-0.25, -0.2) is 4.79 Å². The molecule has 0 radical (unpaired) electrons. The van der Waals surface area contributed by atoms with E-state index in [-0.39, 0.29) is 30.3 Å². The maximum Gasteiger partial charge on any atom is 0.408 e. The van der Waals surface area contributed by atoms with Crippen molar-refractivity contribution in [2.75, 3.05) is 17.7 Å². The van der Waals surface area contributed by atoms with Crippen molar-refractivity contribution in [1.29, 1.82) is 0 Å². The molecule has 0 bridgehead atoms. The van der Waals surface area contributed by atoms with Crippen LogP contribution in [0.5, 0.6) is 0 Å². The maximum absolute atomic E-state index is 12.8. The number of rotatable bonds is 8. The second-order valence-corrected chi connectivity index (χ2v) is 7.72. The molecule has 0 spiro atoms. The van der Waals surface area contributed by atoms with Crippen molar-refractivity contribution in [3.05, 3.63) is 64.2 Å². The Morgan fingerprint density at radius 2 is 1.84 bits per heavy atom. The number of non-ortho nitro benzene ring substituents is 1. The van der Waals surface area contributed by atoms with Crippen LogP contribution in [0, 0.1) is 10.1 Å². The minimum atomic E-state index is -1.13. The van der Waals surface area contributed by atoms with Crippen molar-refractivity contribution >= 4 is 29.1 Å². The van der Waals surface area contributed by atoms with Crippen LogP contribution in [-0.2, 0) is 20.9 Å². The summed E-state index contributed by atoms with van der Waals surface area (Å²) in [5.74, 6) is -0.661. The zero-order valence-electron chi connectivity index (χ0n) is 17.6. The molecule has 0 aromatic heterocycles. The van der Waals surface area contributed by atoms with Gasteiger partial charge in [-0.2, -0.15) is 0 Å². The van der Waals surface area contributed by atoms with E-state index in [1.165, 1.54) is 12.1 Å². The van der Waals surface area contributed by atoms with E-state index >= 15 is 0 Å². The van der Waals surface area contributed by atoms with E-state index in [0.717, 1.165) is 11.6 Å². The first kappa shape index (κ1) is 23.6. The van der Waals surface area contributed by atoms with Crippen LogP contribution in [-0.4, -0.2) is 35.2 Å². The van der Waals surface area contributed by atoms with Crippen LogP contribution in [0.1, 0.15) is 26.3 Å². The molecule has 0 saturated heterocycles. The summed E-state index contributed by atoms with van der Waals surface area (Å²) in [4.78, 5) is 35.4. The lowest BCUT2D eigenvalue weighted by Gasteiger charge is -2.23. The minimum absolute atomic E-state index is 0.0539. The Kier molecular flexibility index (Phi) is 7.92. The van der Waals surface area contributed by atoms with Gasteiger partial charge in [-0.15, -0.1) is 0 Å². The quantitative estimate of drug-likeness (QED) is 0.331. The maximum atomic E-state index is 12.8. The predicted octanol–water partition coefficient (Wildman–Crippen LogP) is 3.23. The number of hydrogen-bond donors (Lipinski definition) is 3. The lowest BCUT2D eigenvalue weighted by molar-refractivity contribution is -0.384. The van der Waals surface area contributed by atoms with E-state index in [9.17, 15) is 19.7 Å². The van der Waals surface area contributed by atoms with Crippen molar-refractivity contribution in [2.24, 2.45) is 0 Å². The van der Waals surface area contributed by atoms with Crippen LogP contribution >= 0.6 is 0 Å². The summed E-state index contributed by atoms with van der Waals surface area (Å²) in [7, 11) is 0. The molecule has 166 valence electrons. The van der Waals surface area contributed by atoms with Gasteiger partial charge in [-0.05, 0) is 32.4 Å². The number of nitro groups is 1. The lowest BCUT2D eigenvalue weighted by atomic mass is 10.2. The van der Waals surface area contributed by atoms with Gasteiger partial charge in [0.05, 0.1) is 29.5 Å². The zero-order chi connectivity index (χ0) is 23.0. The number of anilines is 2. The fourth-order valence-electron chi connectivity index (χ4n) is 2.49. The third-order valence-electron chi connectivity index (χ3n) is 3.91. The normalized spacial score (nSPS) is 12.0. The third-order valence-corrected chi connectivity index (χ3v) is 3.91. The minimum Gasteiger partial charge on any atom is -0.444 e. The van der Waals surface area contributed by atoms with Crippen LogP contribution < -0.4 is 16.4 Å². The molecule has 0 aliphatic carbocycles. The number of amides is 2. The molecule has 10 nitrogen and oxygen atoms in total. The number of alkyl carbamates (subject to hydrolysis) is 1. The van der Waals surface area contributed by atoms with Gasteiger partial charge in [0.15, 0.2) is 0 Å². The van der Waals surface area contributed by atoms with Gasteiger partial charge in [0, 0.05) is 12.1 Å². The monoisotopic (exact) mass is 430 g/mol. The smallest absolute Gasteiger partial charge is 0.408 e. The summed E-state index contributed by atoms with van der Waals surface area (Å²) in [6.07, 6.45) is -0.803. The van der Waals surface area contributed by atoms with Crippen LogP contribution in [0.15, 0.2) is 48.5 Å². The molecule has 0 aliphatic rings. The third kappa shape index (κ3) is 7.94. The van der Waals surface area contributed by atoms with Crippen molar-refractivity contribution in [1.82, 2.24) is 5.32 Å². The lowest BCUT2D eigenvalue weighted by Crippen LogP contribution is -2.48. The molecular formula is C21H26N4O6. The molecule has 0 saturated carbocycles. The standard InChI is InChI=1S/C21H26N4O6/c1-21(2,3)31-20(27)24-18(13-30-12-14-7-5-4-6-8-14)19(26)23-17-11-15(25(28)29)9-10-16(17)22/h4-11,18H,12-13,22H2,1-3H3,(H,23,26)(H,24,27)/t18-/m0/s1. The highest BCUT2D eigenvalue weighted by Crippen LogP contribution is 2.24. The number of hydrogen-bond acceptors (Lipinski definition) is 7. The summed E-state index contributed by atoms with van der Waals surface area (Å²) in [5.41, 5.74) is 5.90. The van der Waals surface area contributed by atoms with Gasteiger partial charge in [0.2, 0.25) is 5.91 Å². The number of carbonyl (C=O) groups is 2. The molecule has 2 rings (SSSR count). The molecule has 2 amide bonds. The summed E-state index contributed by atoms with van der Waals surface area (Å²) in [6, 6.07) is 11.9. The Balaban J connectivity index is 2.11. The van der Waals surface area contributed by atoms with Gasteiger partial charge in [-0.3, -0.25) is 14.9 Å². The number of nitro benzene ring substituents is 1. The molecule has 2 aromatic carbocycles. The van der Waals surface area contributed by atoms with Gasteiger partial charge in [-0.1, -0.05) is 30.3 Å². The number of ether oxygens (including phenoxy) is 2. The fraction of sp³-hybridized carbons (Fsp3) is 0.333. The molecule has 31 heavy (non-hydrogen) atoms. The van der Waals surface area contributed by atoms with Crippen molar-refractivity contribution in [3.8, 4) is 0 Å². The van der Waals surface area contributed by atoms with Gasteiger partial charge < -0.3 is 25.8 Å². The summed E-state index contributed by atoms with van der Waals surface area (Å²) in [5, 5.41) is 16.0. The number of nitrogens with one attached hydrogen (secondary N) is 2. The average Bonchev–Trinajstić information content (AvgIpc) is 2.68. The average molecular weight is 430 g/mol. The van der Waals surface area contributed by atoms with Gasteiger partial charge >= 0.3 is 6.09 Å². The summed E-state index contributed by atoms with van der Waals surface area (Å²) < 4.78 is 10.8.